The second-order valence-electron chi connectivity index (χ2n) is 5.94. The summed E-state index contributed by atoms with van der Waals surface area (Å²) >= 11 is 0. The lowest BCUT2D eigenvalue weighted by Gasteiger charge is -2.17. The summed E-state index contributed by atoms with van der Waals surface area (Å²) in [6, 6.07) is 3.87. The van der Waals surface area contributed by atoms with Crippen molar-refractivity contribution in [1.29, 1.82) is 0 Å². The van der Waals surface area contributed by atoms with Crippen LogP contribution in [0.15, 0.2) is 12.1 Å². The molecule has 0 saturated carbocycles. The van der Waals surface area contributed by atoms with E-state index in [0.29, 0.717) is 28.4 Å². The molecule has 0 aliphatic heterocycles. The van der Waals surface area contributed by atoms with Crippen LogP contribution in [-0.2, 0) is 0 Å². The van der Waals surface area contributed by atoms with Gasteiger partial charge in [-0.25, -0.2) is 14.8 Å². The minimum absolute atomic E-state index is 0.285. The highest BCUT2D eigenvalue weighted by molar-refractivity contribution is 5.97. The SMILES string of the molecule is [C-]#[N+]c1c(N)n(-c2c(C)ccc(OC)c2C)c2nc(C)c(C#CC)nc12. The first-order valence-electron chi connectivity index (χ1n) is 8.07. The number of anilines is 1. The van der Waals surface area contributed by atoms with Crippen molar-refractivity contribution in [2.24, 2.45) is 0 Å². The predicted octanol–water partition coefficient (Wildman–Crippen LogP) is 3.86. The molecule has 0 bridgehead atoms. The summed E-state index contributed by atoms with van der Waals surface area (Å²) in [4.78, 5) is 12.8. The molecule has 6 heteroatoms. The topological polar surface area (TPSA) is 70.3 Å². The molecule has 0 radical (unpaired) electrons. The lowest BCUT2D eigenvalue weighted by molar-refractivity contribution is 0.411. The van der Waals surface area contributed by atoms with Crippen molar-refractivity contribution in [3.63, 3.8) is 0 Å². The van der Waals surface area contributed by atoms with Crippen LogP contribution in [0.25, 0.3) is 21.7 Å². The number of methoxy groups -OCH3 is 1. The average Bonchev–Trinajstić information content (AvgIpc) is 2.87. The van der Waals surface area contributed by atoms with E-state index in [-0.39, 0.29) is 5.69 Å². The minimum Gasteiger partial charge on any atom is -0.496 e. The number of aryl methyl sites for hydroxylation is 2. The molecule has 0 atom stereocenters. The molecule has 130 valence electrons. The predicted molar refractivity (Wildman–Crippen MR) is 103 cm³/mol. The van der Waals surface area contributed by atoms with E-state index in [0.717, 1.165) is 22.6 Å². The smallest absolute Gasteiger partial charge is 0.255 e. The van der Waals surface area contributed by atoms with E-state index in [1.807, 2.05) is 32.9 Å². The van der Waals surface area contributed by atoms with Gasteiger partial charge in [-0.3, -0.25) is 4.57 Å². The van der Waals surface area contributed by atoms with Gasteiger partial charge >= 0.3 is 0 Å². The number of nitrogens with two attached hydrogens (primary N) is 1. The lowest BCUT2D eigenvalue weighted by Crippen LogP contribution is -2.07. The van der Waals surface area contributed by atoms with Crippen LogP contribution in [0.5, 0.6) is 5.75 Å². The fourth-order valence-corrected chi connectivity index (χ4v) is 3.12. The molecular weight excluding hydrogens is 326 g/mol. The second kappa shape index (κ2) is 6.42. The van der Waals surface area contributed by atoms with Gasteiger partial charge in [0.05, 0.1) is 25.1 Å². The van der Waals surface area contributed by atoms with Crippen LogP contribution in [-0.4, -0.2) is 21.6 Å². The van der Waals surface area contributed by atoms with Crippen molar-refractivity contribution < 1.29 is 4.74 Å². The highest BCUT2D eigenvalue weighted by Gasteiger charge is 2.23. The molecule has 0 unspecified atom stereocenters. The third-order valence-electron chi connectivity index (χ3n) is 4.35. The highest BCUT2D eigenvalue weighted by Crippen LogP contribution is 2.39. The largest absolute Gasteiger partial charge is 0.496 e. The Kier molecular flexibility index (Phi) is 4.28. The highest BCUT2D eigenvalue weighted by atomic mass is 16.5. The number of ether oxygens (including phenoxy) is 1. The summed E-state index contributed by atoms with van der Waals surface area (Å²) in [7, 11) is 1.63. The van der Waals surface area contributed by atoms with Gasteiger partial charge < -0.3 is 10.5 Å². The van der Waals surface area contributed by atoms with Crippen molar-refractivity contribution in [3.05, 3.63) is 46.1 Å². The van der Waals surface area contributed by atoms with E-state index < -0.39 is 0 Å². The summed E-state index contributed by atoms with van der Waals surface area (Å²) in [6.45, 7) is 15.1. The van der Waals surface area contributed by atoms with Crippen LogP contribution in [0.3, 0.4) is 0 Å². The van der Waals surface area contributed by atoms with Gasteiger partial charge in [0.25, 0.3) is 5.69 Å². The lowest BCUT2D eigenvalue weighted by atomic mass is 10.1. The first kappa shape index (κ1) is 17.3. The molecule has 0 saturated heterocycles. The molecule has 0 aliphatic carbocycles. The van der Waals surface area contributed by atoms with Crippen LogP contribution < -0.4 is 10.5 Å². The number of aromatic nitrogens is 3. The number of hydrogen-bond acceptors (Lipinski definition) is 4. The zero-order chi connectivity index (χ0) is 19.0. The van der Waals surface area contributed by atoms with Gasteiger partial charge in [0.2, 0.25) is 0 Å². The van der Waals surface area contributed by atoms with Crippen molar-refractivity contribution >= 4 is 22.7 Å². The van der Waals surface area contributed by atoms with E-state index >= 15 is 0 Å². The average molecular weight is 345 g/mol. The Morgan fingerprint density at radius 1 is 1.23 bits per heavy atom. The van der Waals surface area contributed by atoms with Crippen LogP contribution in [0.2, 0.25) is 0 Å². The first-order chi connectivity index (χ1) is 12.4. The zero-order valence-electron chi connectivity index (χ0n) is 15.4. The summed E-state index contributed by atoms with van der Waals surface area (Å²) in [6.07, 6.45) is 0. The van der Waals surface area contributed by atoms with E-state index in [9.17, 15) is 0 Å². The number of fused-ring (bicyclic) bond motifs is 1. The van der Waals surface area contributed by atoms with E-state index in [4.69, 9.17) is 17.0 Å². The Morgan fingerprint density at radius 2 is 1.96 bits per heavy atom. The summed E-state index contributed by atoms with van der Waals surface area (Å²) in [5.41, 5.74) is 11.7. The first-order valence-corrected chi connectivity index (χ1v) is 8.07. The Bertz CT molecular complexity index is 1140. The number of hydrogen-bond donors (Lipinski definition) is 1. The molecule has 6 nitrogen and oxygen atoms in total. The van der Waals surface area contributed by atoms with E-state index in [1.54, 1.807) is 18.6 Å². The zero-order valence-corrected chi connectivity index (χ0v) is 15.4. The normalized spacial score (nSPS) is 10.3. The maximum Gasteiger partial charge on any atom is 0.255 e. The maximum absolute atomic E-state index is 7.56. The standard InChI is InChI=1S/C20H19N5O/c1-7-8-14-13(4)23-20-17(24-14)16(22-5)19(21)25(20)18-11(2)9-10-15(26-6)12(18)3/h9-10H,21H2,1-4,6H3. The van der Waals surface area contributed by atoms with Crippen LogP contribution in [0.4, 0.5) is 11.5 Å². The molecule has 0 aliphatic rings. The fraction of sp³-hybridized carbons (Fsp3) is 0.250. The number of benzene rings is 1. The van der Waals surface area contributed by atoms with Gasteiger partial charge in [-0.1, -0.05) is 12.0 Å². The van der Waals surface area contributed by atoms with Gasteiger partial charge in [-0.15, -0.1) is 0 Å². The number of nitrogens with zero attached hydrogens (tertiary/aromatic N) is 4. The molecule has 0 spiro atoms. The third kappa shape index (κ3) is 2.44. The molecule has 26 heavy (non-hydrogen) atoms. The third-order valence-corrected chi connectivity index (χ3v) is 4.35. The number of rotatable bonds is 2. The summed E-state index contributed by atoms with van der Waals surface area (Å²) in [5, 5.41) is 0. The molecule has 2 heterocycles. The van der Waals surface area contributed by atoms with Crippen LogP contribution >= 0.6 is 0 Å². The van der Waals surface area contributed by atoms with Gasteiger partial charge in [0, 0.05) is 5.56 Å². The van der Waals surface area contributed by atoms with Gasteiger partial charge in [0.15, 0.2) is 5.65 Å². The Hall–Kier alpha value is -3.51. The van der Waals surface area contributed by atoms with Gasteiger partial charge in [0.1, 0.15) is 22.8 Å². The summed E-state index contributed by atoms with van der Waals surface area (Å²) < 4.78 is 7.24. The van der Waals surface area contributed by atoms with Crippen molar-refractivity contribution in [2.75, 3.05) is 12.8 Å². The Morgan fingerprint density at radius 3 is 2.58 bits per heavy atom. The Labute approximate surface area is 152 Å². The van der Waals surface area contributed by atoms with E-state index in [2.05, 4.69) is 26.7 Å². The molecule has 3 rings (SSSR count). The molecule has 0 amide bonds. The van der Waals surface area contributed by atoms with Crippen molar-refractivity contribution in [3.8, 4) is 23.3 Å². The fourth-order valence-electron chi connectivity index (χ4n) is 3.12. The molecular formula is C20H19N5O. The summed E-state index contributed by atoms with van der Waals surface area (Å²) in [5.74, 6) is 6.82. The minimum atomic E-state index is 0.285. The van der Waals surface area contributed by atoms with Crippen molar-refractivity contribution in [2.45, 2.75) is 27.7 Å². The quantitative estimate of drug-likeness (QED) is 0.565. The maximum atomic E-state index is 7.56. The molecule has 0 fully saturated rings. The van der Waals surface area contributed by atoms with Crippen LogP contribution in [0.1, 0.15) is 29.4 Å². The number of nitrogen functional groups attached to an aromatic ring is 1. The molecule has 3 aromatic rings. The van der Waals surface area contributed by atoms with Gasteiger partial charge in [-0.2, -0.15) is 0 Å². The Balaban J connectivity index is 2.49. The molecule has 2 aromatic heterocycles. The molecule has 2 N–H and O–H groups in total. The molecule has 1 aromatic carbocycles. The van der Waals surface area contributed by atoms with E-state index in [1.165, 1.54) is 0 Å². The van der Waals surface area contributed by atoms with Gasteiger partial charge in [-0.05, 0) is 45.2 Å². The second-order valence-corrected chi connectivity index (χ2v) is 5.94. The monoisotopic (exact) mass is 345 g/mol. The van der Waals surface area contributed by atoms with Crippen molar-refractivity contribution in [1.82, 2.24) is 14.5 Å². The van der Waals surface area contributed by atoms with Crippen LogP contribution in [0, 0.1) is 39.2 Å².